The highest BCUT2D eigenvalue weighted by Crippen LogP contribution is 2.18. The number of carbonyl (C=O) groups is 1. The van der Waals surface area contributed by atoms with Crippen molar-refractivity contribution in [3.8, 4) is 5.75 Å². The van der Waals surface area contributed by atoms with E-state index in [1.807, 2.05) is 0 Å². The van der Waals surface area contributed by atoms with Crippen LogP contribution in [0.1, 0.15) is 15.9 Å². The number of nitrogens with one attached hydrogen (secondary N) is 1. The number of carbonyl (C=O) groups excluding carboxylic acids is 1. The van der Waals surface area contributed by atoms with E-state index in [0.29, 0.717) is 17.0 Å². The molecule has 1 aromatic heterocycles. The second-order valence-electron chi connectivity index (χ2n) is 5.14. The summed E-state index contributed by atoms with van der Waals surface area (Å²) < 4.78 is 18.7. The summed E-state index contributed by atoms with van der Waals surface area (Å²) >= 11 is 0. The van der Waals surface area contributed by atoms with Crippen molar-refractivity contribution in [1.29, 1.82) is 0 Å². The SMILES string of the molecule is O=C(Nc1ccc(OCc2cccc(F)c2)cc1)c1cccnc1. The fraction of sp³-hybridized carbons (Fsp3) is 0.0526. The van der Waals surface area contributed by atoms with Gasteiger partial charge in [-0.3, -0.25) is 9.78 Å². The number of benzene rings is 2. The van der Waals surface area contributed by atoms with E-state index in [4.69, 9.17) is 4.74 Å². The third-order valence-electron chi connectivity index (χ3n) is 3.33. The van der Waals surface area contributed by atoms with Crippen LogP contribution in [-0.2, 0) is 6.61 Å². The molecule has 5 heteroatoms. The minimum absolute atomic E-state index is 0.225. The van der Waals surface area contributed by atoms with Gasteiger partial charge in [0.2, 0.25) is 0 Å². The molecule has 0 saturated heterocycles. The molecule has 1 amide bonds. The molecule has 0 radical (unpaired) electrons. The highest BCUT2D eigenvalue weighted by molar-refractivity contribution is 6.04. The normalized spacial score (nSPS) is 10.2. The molecule has 0 unspecified atom stereocenters. The van der Waals surface area contributed by atoms with E-state index >= 15 is 0 Å². The average Bonchev–Trinajstić information content (AvgIpc) is 2.62. The fourth-order valence-electron chi connectivity index (χ4n) is 2.13. The van der Waals surface area contributed by atoms with Crippen LogP contribution in [0.5, 0.6) is 5.75 Å². The molecule has 24 heavy (non-hydrogen) atoms. The maximum atomic E-state index is 13.1. The van der Waals surface area contributed by atoms with Crippen LogP contribution in [0.2, 0.25) is 0 Å². The van der Waals surface area contributed by atoms with Crippen LogP contribution in [-0.4, -0.2) is 10.9 Å². The molecule has 3 aromatic rings. The van der Waals surface area contributed by atoms with Crippen LogP contribution < -0.4 is 10.1 Å². The van der Waals surface area contributed by atoms with Crippen LogP contribution in [0.15, 0.2) is 73.1 Å². The number of hydrogen-bond acceptors (Lipinski definition) is 3. The van der Waals surface area contributed by atoms with Crippen molar-refractivity contribution in [3.05, 3.63) is 90.0 Å². The quantitative estimate of drug-likeness (QED) is 0.771. The summed E-state index contributed by atoms with van der Waals surface area (Å²) in [6.45, 7) is 0.277. The molecule has 120 valence electrons. The van der Waals surface area contributed by atoms with Gasteiger partial charge in [-0.1, -0.05) is 12.1 Å². The van der Waals surface area contributed by atoms with Gasteiger partial charge in [0, 0.05) is 18.1 Å². The molecule has 0 bridgehead atoms. The molecular weight excluding hydrogens is 307 g/mol. The van der Waals surface area contributed by atoms with E-state index in [2.05, 4.69) is 10.3 Å². The largest absolute Gasteiger partial charge is 0.489 e. The maximum Gasteiger partial charge on any atom is 0.257 e. The lowest BCUT2D eigenvalue weighted by Gasteiger charge is -2.08. The Hall–Kier alpha value is -3.21. The van der Waals surface area contributed by atoms with Crippen molar-refractivity contribution in [2.24, 2.45) is 0 Å². The van der Waals surface area contributed by atoms with Crippen LogP contribution in [0.3, 0.4) is 0 Å². The summed E-state index contributed by atoms with van der Waals surface area (Å²) in [6.07, 6.45) is 3.12. The highest BCUT2D eigenvalue weighted by atomic mass is 19.1. The molecule has 0 saturated carbocycles. The van der Waals surface area contributed by atoms with Crippen molar-refractivity contribution in [2.75, 3.05) is 5.32 Å². The monoisotopic (exact) mass is 322 g/mol. The molecule has 1 N–H and O–H groups in total. The summed E-state index contributed by atoms with van der Waals surface area (Å²) in [5.74, 6) is 0.125. The first-order chi connectivity index (χ1) is 11.7. The number of nitrogens with zero attached hydrogens (tertiary/aromatic N) is 1. The Balaban J connectivity index is 1.58. The second-order valence-corrected chi connectivity index (χ2v) is 5.14. The Labute approximate surface area is 138 Å². The van der Waals surface area contributed by atoms with Crippen LogP contribution in [0.25, 0.3) is 0 Å². The lowest BCUT2D eigenvalue weighted by molar-refractivity contribution is 0.102. The first-order valence-corrected chi connectivity index (χ1v) is 7.39. The lowest BCUT2D eigenvalue weighted by Crippen LogP contribution is -2.11. The molecular formula is C19H15FN2O2. The molecule has 0 aliphatic heterocycles. The molecule has 1 heterocycles. The minimum Gasteiger partial charge on any atom is -0.489 e. The summed E-state index contributed by atoms with van der Waals surface area (Å²) in [6, 6.07) is 16.7. The van der Waals surface area contributed by atoms with E-state index in [0.717, 1.165) is 5.56 Å². The van der Waals surface area contributed by atoms with Gasteiger partial charge in [-0.05, 0) is 54.1 Å². The fourth-order valence-corrected chi connectivity index (χ4v) is 2.13. The summed E-state index contributed by atoms with van der Waals surface area (Å²) in [5, 5.41) is 2.78. The number of anilines is 1. The van der Waals surface area contributed by atoms with E-state index in [-0.39, 0.29) is 18.3 Å². The lowest BCUT2D eigenvalue weighted by atomic mass is 10.2. The van der Waals surface area contributed by atoms with Crippen molar-refractivity contribution in [2.45, 2.75) is 6.61 Å². The number of aromatic nitrogens is 1. The van der Waals surface area contributed by atoms with Gasteiger partial charge in [0.25, 0.3) is 5.91 Å². The zero-order valence-corrected chi connectivity index (χ0v) is 12.8. The minimum atomic E-state index is -0.287. The predicted octanol–water partition coefficient (Wildman–Crippen LogP) is 4.05. The molecule has 0 aliphatic carbocycles. The van der Waals surface area contributed by atoms with Gasteiger partial charge in [-0.15, -0.1) is 0 Å². The van der Waals surface area contributed by atoms with Crippen LogP contribution >= 0.6 is 0 Å². The molecule has 0 spiro atoms. The standard InChI is InChI=1S/C19H15FN2O2/c20-16-5-1-3-14(11-16)13-24-18-8-6-17(7-9-18)22-19(23)15-4-2-10-21-12-15/h1-12H,13H2,(H,22,23). The molecule has 0 fully saturated rings. The Kier molecular flexibility index (Phi) is 4.81. The number of pyridine rings is 1. The molecule has 2 aromatic carbocycles. The average molecular weight is 322 g/mol. The zero-order chi connectivity index (χ0) is 16.8. The van der Waals surface area contributed by atoms with Gasteiger partial charge in [0.05, 0.1) is 5.56 Å². The van der Waals surface area contributed by atoms with Crippen molar-refractivity contribution in [3.63, 3.8) is 0 Å². The van der Waals surface area contributed by atoms with Crippen molar-refractivity contribution in [1.82, 2.24) is 4.98 Å². The van der Waals surface area contributed by atoms with Gasteiger partial charge < -0.3 is 10.1 Å². The highest BCUT2D eigenvalue weighted by Gasteiger charge is 2.05. The van der Waals surface area contributed by atoms with E-state index in [9.17, 15) is 9.18 Å². The summed E-state index contributed by atoms with van der Waals surface area (Å²) in [7, 11) is 0. The molecule has 4 nitrogen and oxygen atoms in total. The molecule has 0 atom stereocenters. The van der Waals surface area contributed by atoms with E-state index < -0.39 is 0 Å². The van der Waals surface area contributed by atoms with Crippen LogP contribution in [0.4, 0.5) is 10.1 Å². The van der Waals surface area contributed by atoms with Gasteiger partial charge in [0.1, 0.15) is 18.2 Å². The Morgan fingerprint density at radius 1 is 1.08 bits per heavy atom. The molecule has 0 aliphatic rings. The number of rotatable bonds is 5. The van der Waals surface area contributed by atoms with Crippen molar-refractivity contribution < 1.29 is 13.9 Å². The van der Waals surface area contributed by atoms with Gasteiger partial charge in [-0.2, -0.15) is 0 Å². The van der Waals surface area contributed by atoms with Gasteiger partial charge >= 0.3 is 0 Å². The van der Waals surface area contributed by atoms with E-state index in [1.54, 1.807) is 54.7 Å². The Morgan fingerprint density at radius 3 is 2.62 bits per heavy atom. The summed E-state index contributed by atoms with van der Waals surface area (Å²) in [4.78, 5) is 15.9. The Morgan fingerprint density at radius 2 is 1.92 bits per heavy atom. The number of hydrogen-bond donors (Lipinski definition) is 1. The smallest absolute Gasteiger partial charge is 0.257 e. The Bertz CT molecular complexity index is 820. The number of halogens is 1. The topological polar surface area (TPSA) is 51.2 Å². The van der Waals surface area contributed by atoms with Gasteiger partial charge in [-0.25, -0.2) is 4.39 Å². The molecule has 3 rings (SSSR count). The van der Waals surface area contributed by atoms with Crippen LogP contribution in [0, 0.1) is 5.82 Å². The first-order valence-electron chi connectivity index (χ1n) is 7.39. The predicted molar refractivity (Wildman–Crippen MR) is 89.4 cm³/mol. The first kappa shape index (κ1) is 15.7. The second kappa shape index (κ2) is 7.37. The maximum absolute atomic E-state index is 13.1. The summed E-state index contributed by atoms with van der Waals surface area (Å²) in [5.41, 5.74) is 1.90. The van der Waals surface area contributed by atoms with Crippen molar-refractivity contribution >= 4 is 11.6 Å². The van der Waals surface area contributed by atoms with E-state index in [1.165, 1.54) is 18.3 Å². The number of amides is 1. The zero-order valence-electron chi connectivity index (χ0n) is 12.8. The van der Waals surface area contributed by atoms with Gasteiger partial charge in [0.15, 0.2) is 0 Å². The third-order valence-corrected chi connectivity index (χ3v) is 3.33. The third kappa shape index (κ3) is 4.16. The number of ether oxygens (including phenoxy) is 1.